The second-order valence-corrected chi connectivity index (χ2v) is 4.98. The highest BCUT2D eigenvalue weighted by Crippen LogP contribution is 2.37. The molecule has 0 radical (unpaired) electrons. The largest absolute Gasteiger partial charge is 0.508 e. The fourth-order valence-electron chi connectivity index (χ4n) is 2.63. The summed E-state index contributed by atoms with van der Waals surface area (Å²) in [6.45, 7) is 1.79. The van der Waals surface area contributed by atoms with Gasteiger partial charge >= 0.3 is 0 Å². The van der Waals surface area contributed by atoms with Crippen LogP contribution in [-0.4, -0.2) is 23.1 Å². The number of methoxy groups -OCH3 is 1. The molecule has 0 atom stereocenters. The average Bonchev–Trinajstić information content (AvgIpc) is 2.40. The van der Waals surface area contributed by atoms with Crippen LogP contribution >= 0.6 is 0 Å². The van der Waals surface area contributed by atoms with Crippen LogP contribution in [0.1, 0.15) is 32.6 Å². The molecule has 0 heterocycles. The molecule has 1 aliphatic rings. The minimum Gasteiger partial charge on any atom is -0.508 e. The molecule has 0 fully saturated rings. The molecule has 0 saturated heterocycles. The number of hydrogen-bond donors (Lipinski definition) is 2. The van der Waals surface area contributed by atoms with Crippen LogP contribution in [0.2, 0.25) is 0 Å². The van der Waals surface area contributed by atoms with E-state index in [4.69, 9.17) is 4.74 Å². The summed E-state index contributed by atoms with van der Waals surface area (Å²) in [5.41, 5.74) is 3.06. The monoisotopic (exact) mass is 270 g/mol. The topological polar surface area (TPSA) is 66.8 Å². The lowest BCUT2D eigenvalue weighted by molar-refractivity contribution is 0.103. The van der Waals surface area contributed by atoms with Crippen LogP contribution in [0.15, 0.2) is 24.3 Å². The second-order valence-electron chi connectivity index (χ2n) is 4.98. The summed E-state index contributed by atoms with van der Waals surface area (Å²) in [5.74, 6) is 0.258. The summed E-state index contributed by atoms with van der Waals surface area (Å²) >= 11 is 0. The van der Waals surface area contributed by atoms with Crippen molar-refractivity contribution in [1.82, 2.24) is 0 Å². The maximum absolute atomic E-state index is 12.5. The number of hydrogen-bond acceptors (Lipinski definition) is 4. The maximum atomic E-state index is 12.5. The van der Waals surface area contributed by atoms with E-state index >= 15 is 0 Å². The van der Waals surface area contributed by atoms with Crippen LogP contribution in [0, 0.1) is 6.92 Å². The van der Waals surface area contributed by atoms with Crippen molar-refractivity contribution in [2.45, 2.75) is 13.3 Å². The molecule has 4 nitrogen and oxygen atoms in total. The van der Waals surface area contributed by atoms with Crippen LogP contribution in [0.4, 0.5) is 0 Å². The molecular formula is C16H14O4. The number of ketones is 1. The van der Waals surface area contributed by atoms with Gasteiger partial charge < -0.3 is 14.9 Å². The summed E-state index contributed by atoms with van der Waals surface area (Å²) in [6.07, 6.45) is 0.530. The molecule has 0 bridgehead atoms. The smallest absolute Gasteiger partial charge is 0.197 e. The van der Waals surface area contributed by atoms with E-state index in [2.05, 4.69) is 0 Å². The van der Waals surface area contributed by atoms with Gasteiger partial charge in [0.1, 0.15) is 17.2 Å². The lowest BCUT2D eigenvalue weighted by atomic mass is 9.83. The Hall–Kier alpha value is -2.49. The van der Waals surface area contributed by atoms with Crippen molar-refractivity contribution >= 4 is 5.78 Å². The van der Waals surface area contributed by atoms with E-state index < -0.39 is 0 Å². The van der Waals surface area contributed by atoms with Gasteiger partial charge in [0.25, 0.3) is 0 Å². The van der Waals surface area contributed by atoms with E-state index in [1.54, 1.807) is 13.0 Å². The highest BCUT2D eigenvalue weighted by molar-refractivity contribution is 6.14. The van der Waals surface area contributed by atoms with Crippen LogP contribution < -0.4 is 4.74 Å². The Labute approximate surface area is 116 Å². The summed E-state index contributed by atoms with van der Waals surface area (Å²) in [7, 11) is 1.52. The quantitative estimate of drug-likeness (QED) is 0.713. The van der Waals surface area contributed by atoms with Gasteiger partial charge in [-0.05, 0) is 42.2 Å². The molecule has 1 aliphatic carbocycles. The Balaban J connectivity index is 2.22. The van der Waals surface area contributed by atoms with E-state index in [-0.39, 0.29) is 17.3 Å². The van der Waals surface area contributed by atoms with Gasteiger partial charge in [0.15, 0.2) is 5.78 Å². The lowest BCUT2D eigenvalue weighted by Gasteiger charge is -2.21. The summed E-state index contributed by atoms with van der Waals surface area (Å²) in [5, 5.41) is 19.8. The zero-order valence-corrected chi connectivity index (χ0v) is 11.2. The molecule has 0 spiro atoms. The first-order valence-electron chi connectivity index (χ1n) is 6.28. The Kier molecular flexibility index (Phi) is 2.67. The Bertz CT molecular complexity index is 732. The minimum atomic E-state index is -0.267. The van der Waals surface area contributed by atoms with Gasteiger partial charge in [0.2, 0.25) is 0 Å². The first-order chi connectivity index (χ1) is 9.51. The van der Waals surface area contributed by atoms with E-state index in [0.717, 1.165) is 16.7 Å². The first-order valence-corrected chi connectivity index (χ1v) is 6.28. The lowest BCUT2D eigenvalue weighted by Crippen LogP contribution is -2.15. The van der Waals surface area contributed by atoms with E-state index in [0.29, 0.717) is 23.3 Å². The number of phenolic OH excluding ortho intramolecular Hbond substituents is 2. The number of carbonyl (C=O) groups excluding carboxylic acids is 1. The predicted molar refractivity (Wildman–Crippen MR) is 73.7 cm³/mol. The minimum absolute atomic E-state index is 0.0879. The summed E-state index contributed by atoms with van der Waals surface area (Å²) in [4.78, 5) is 12.5. The fraction of sp³-hybridized carbons (Fsp3) is 0.188. The standard InChI is InChI=1S/C16H14O4/c1-8-3-9-4-10-5-11(20-2)6-14(18)15(10)16(19)12(9)7-13(8)17/h3,5-7,17-18H,4H2,1-2H3. The molecule has 0 aliphatic heterocycles. The van der Waals surface area contributed by atoms with Crippen LogP contribution in [-0.2, 0) is 6.42 Å². The number of rotatable bonds is 1. The zero-order chi connectivity index (χ0) is 14.4. The molecule has 2 aromatic carbocycles. The SMILES string of the molecule is COc1cc(O)c2c(c1)Cc1cc(C)c(O)cc1C2=O. The van der Waals surface area contributed by atoms with Gasteiger partial charge in [-0.3, -0.25) is 4.79 Å². The van der Waals surface area contributed by atoms with Crippen molar-refractivity contribution in [3.63, 3.8) is 0 Å². The molecule has 102 valence electrons. The van der Waals surface area contributed by atoms with Crippen LogP contribution in [0.5, 0.6) is 17.2 Å². The Morgan fingerprint density at radius 3 is 2.50 bits per heavy atom. The predicted octanol–water partition coefficient (Wildman–Crippen LogP) is 2.55. The van der Waals surface area contributed by atoms with Gasteiger partial charge in [-0.25, -0.2) is 0 Å². The normalized spacial score (nSPS) is 12.8. The van der Waals surface area contributed by atoms with Crippen molar-refractivity contribution in [2.24, 2.45) is 0 Å². The van der Waals surface area contributed by atoms with Gasteiger partial charge in [0.05, 0.1) is 12.7 Å². The molecule has 20 heavy (non-hydrogen) atoms. The van der Waals surface area contributed by atoms with E-state index in [1.807, 2.05) is 6.07 Å². The van der Waals surface area contributed by atoms with Gasteiger partial charge in [0, 0.05) is 11.6 Å². The highest BCUT2D eigenvalue weighted by Gasteiger charge is 2.27. The third kappa shape index (κ3) is 1.72. The molecule has 0 saturated carbocycles. The van der Waals surface area contributed by atoms with Crippen LogP contribution in [0.3, 0.4) is 0 Å². The number of phenols is 2. The van der Waals surface area contributed by atoms with Crippen LogP contribution in [0.25, 0.3) is 0 Å². The Morgan fingerprint density at radius 1 is 1.05 bits per heavy atom. The van der Waals surface area contributed by atoms with E-state index in [9.17, 15) is 15.0 Å². The average molecular weight is 270 g/mol. The molecule has 0 unspecified atom stereocenters. The third-order valence-corrected chi connectivity index (χ3v) is 3.68. The zero-order valence-electron chi connectivity index (χ0n) is 11.2. The molecule has 4 heteroatoms. The van der Waals surface area contributed by atoms with Gasteiger partial charge in [-0.1, -0.05) is 6.07 Å². The van der Waals surface area contributed by atoms with Crippen molar-refractivity contribution < 1.29 is 19.7 Å². The van der Waals surface area contributed by atoms with Gasteiger partial charge in [-0.15, -0.1) is 0 Å². The Morgan fingerprint density at radius 2 is 1.80 bits per heavy atom. The molecule has 2 aromatic rings. The molecule has 3 rings (SSSR count). The number of carbonyl (C=O) groups is 1. The van der Waals surface area contributed by atoms with Crippen molar-refractivity contribution in [3.05, 3.63) is 52.1 Å². The fourth-order valence-corrected chi connectivity index (χ4v) is 2.63. The van der Waals surface area contributed by atoms with E-state index in [1.165, 1.54) is 19.2 Å². The highest BCUT2D eigenvalue weighted by atomic mass is 16.5. The molecular weight excluding hydrogens is 256 g/mol. The molecule has 0 amide bonds. The summed E-state index contributed by atoms with van der Waals surface area (Å²) < 4.78 is 5.12. The molecule has 0 aromatic heterocycles. The second kappa shape index (κ2) is 4.27. The van der Waals surface area contributed by atoms with Gasteiger partial charge in [-0.2, -0.15) is 0 Å². The first kappa shape index (κ1) is 12.5. The third-order valence-electron chi connectivity index (χ3n) is 3.68. The summed E-state index contributed by atoms with van der Waals surface area (Å²) in [6, 6.07) is 6.47. The molecule has 2 N–H and O–H groups in total. The number of benzene rings is 2. The van der Waals surface area contributed by atoms with Crippen molar-refractivity contribution in [1.29, 1.82) is 0 Å². The van der Waals surface area contributed by atoms with Crippen molar-refractivity contribution in [2.75, 3.05) is 7.11 Å². The maximum Gasteiger partial charge on any atom is 0.197 e. The number of ether oxygens (including phenoxy) is 1. The van der Waals surface area contributed by atoms with Crippen molar-refractivity contribution in [3.8, 4) is 17.2 Å². The number of fused-ring (bicyclic) bond motifs is 2. The number of aromatic hydroxyl groups is 2. The number of aryl methyl sites for hydroxylation is 1.